The Kier molecular flexibility index (Phi) is 2.35. The van der Waals surface area contributed by atoms with Gasteiger partial charge in [-0.25, -0.2) is 9.37 Å². The second kappa shape index (κ2) is 3.52. The van der Waals surface area contributed by atoms with Crippen molar-refractivity contribution in [2.24, 2.45) is 5.73 Å². The number of hydrogen-bond acceptors (Lipinski definition) is 2. The lowest BCUT2D eigenvalue weighted by Crippen LogP contribution is -1.99. The number of halogens is 2. The molecule has 0 saturated carbocycles. The van der Waals surface area contributed by atoms with Crippen molar-refractivity contribution in [2.45, 2.75) is 6.54 Å². The van der Waals surface area contributed by atoms with Crippen molar-refractivity contribution in [3.63, 3.8) is 0 Å². The molecule has 2 nitrogen and oxygen atoms in total. The van der Waals surface area contributed by atoms with Crippen LogP contribution < -0.4 is 5.73 Å². The molecule has 1 aromatic carbocycles. The smallest absolute Gasteiger partial charge is 0.149 e. The third kappa shape index (κ3) is 1.45. The van der Waals surface area contributed by atoms with Gasteiger partial charge < -0.3 is 5.73 Å². The summed E-state index contributed by atoms with van der Waals surface area (Å²) in [6, 6.07) is 6.42. The van der Waals surface area contributed by atoms with E-state index in [9.17, 15) is 4.39 Å². The van der Waals surface area contributed by atoms with Gasteiger partial charge in [0.2, 0.25) is 0 Å². The fourth-order valence-electron chi connectivity index (χ4n) is 1.42. The Bertz CT molecular complexity index is 485. The summed E-state index contributed by atoms with van der Waals surface area (Å²) in [5.41, 5.74) is 6.61. The summed E-state index contributed by atoms with van der Waals surface area (Å²) >= 11 is 5.74. The first-order chi connectivity index (χ1) is 6.72. The van der Waals surface area contributed by atoms with Crippen LogP contribution in [0.4, 0.5) is 4.39 Å². The van der Waals surface area contributed by atoms with Crippen molar-refractivity contribution in [2.75, 3.05) is 0 Å². The van der Waals surface area contributed by atoms with Crippen molar-refractivity contribution in [3.8, 4) is 0 Å². The van der Waals surface area contributed by atoms with E-state index in [0.29, 0.717) is 6.54 Å². The van der Waals surface area contributed by atoms with Gasteiger partial charge in [-0.2, -0.15) is 0 Å². The molecule has 72 valence electrons. The molecular formula is C10H8ClFN2. The fourth-order valence-corrected chi connectivity index (χ4v) is 1.63. The van der Waals surface area contributed by atoms with Gasteiger partial charge in [-0.05, 0) is 17.7 Å². The standard InChI is InChI=1S/C10H8ClFN2/c11-9-4-6(5-13)7-2-1-3-8(12)10(7)14-9/h1-4H,5,13H2. The molecule has 0 atom stereocenters. The van der Waals surface area contributed by atoms with Crippen molar-refractivity contribution in [1.29, 1.82) is 0 Å². The lowest BCUT2D eigenvalue weighted by atomic mass is 10.1. The van der Waals surface area contributed by atoms with Crippen LogP contribution in [0.5, 0.6) is 0 Å². The predicted octanol–water partition coefficient (Wildman–Crippen LogP) is 2.49. The fraction of sp³-hybridized carbons (Fsp3) is 0.100. The lowest BCUT2D eigenvalue weighted by molar-refractivity contribution is 0.636. The van der Waals surface area contributed by atoms with Crippen molar-refractivity contribution in [3.05, 3.63) is 40.8 Å². The highest BCUT2D eigenvalue weighted by Gasteiger charge is 2.06. The number of rotatable bonds is 1. The lowest BCUT2D eigenvalue weighted by Gasteiger charge is -2.04. The molecule has 0 saturated heterocycles. The van der Waals surface area contributed by atoms with Gasteiger partial charge in [-0.3, -0.25) is 0 Å². The molecular weight excluding hydrogens is 203 g/mol. The van der Waals surface area contributed by atoms with Gasteiger partial charge in [-0.15, -0.1) is 0 Å². The van der Waals surface area contributed by atoms with Crippen LogP contribution in [0, 0.1) is 5.82 Å². The average Bonchev–Trinajstić information content (AvgIpc) is 2.18. The average molecular weight is 211 g/mol. The van der Waals surface area contributed by atoms with E-state index in [2.05, 4.69) is 4.98 Å². The summed E-state index contributed by atoms with van der Waals surface area (Å²) in [6.07, 6.45) is 0. The van der Waals surface area contributed by atoms with Crippen LogP contribution in [0.2, 0.25) is 5.15 Å². The zero-order chi connectivity index (χ0) is 10.1. The van der Waals surface area contributed by atoms with Crippen LogP contribution in [-0.4, -0.2) is 4.98 Å². The molecule has 2 aromatic rings. The van der Waals surface area contributed by atoms with Crippen LogP contribution in [0.3, 0.4) is 0 Å². The SMILES string of the molecule is NCc1cc(Cl)nc2c(F)cccc12. The first-order valence-electron chi connectivity index (χ1n) is 4.16. The van der Waals surface area contributed by atoms with E-state index >= 15 is 0 Å². The predicted molar refractivity (Wildman–Crippen MR) is 54.6 cm³/mol. The minimum Gasteiger partial charge on any atom is -0.326 e. The number of hydrogen-bond donors (Lipinski definition) is 1. The first kappa shape index (κ1) is 9.37. The summed E-state index contributed by atoms with van der Waals surface area (Å²) in [6.45, 7) is 0.322. The zero-order valence-corrected chi connectivity index (χ0v) is 8.05. The van der Waals surface area contributed by atoms with Gasteiger partial charge in [0.1, 0.15) is 16.5 Å². The minimum atomic E-state index is -0.375. The highest BCUT2D eigenvalue weighted by Crippen LogP contribution is 2.22. The second-order valence-corrected chi connectivity index (χ2v) is 3.33. The van der Waals surface area contributed by atoms with Crippen LogP contribution in [0.25, 0.3) is 10.9 Å². The van der Waals surface area contributed by atoms with Gasteiger partial charge in [0.25, 0.3) is 0 Å². The maximum atomic E-state index is 13.3. The Morgan fingerprint density at radius 2 is 2.21 bits per heavy atom. The van der Waals surface area contributed by atoms with E-state index in [0.717, 1.165) is 10.9 Å². The molecule has 0 spiro atoms. The first-order valence-corrected chi connectivity index (χ1v) is 4.54. The van der Waals surface area contributed by atoms with E-state index in [1.54, 1.807) is 18.2 Å². The molecule has 0 aliphatic rings. The molecule has 0 aliphatic heterocycles. The molecule has 0 radical (unpaired) electrons. The number of pyridine rings is 1. The topological polar surface area (TPSA) is 38.9 Å². The molecule has 14 heavy (non-hydrogen) atoms. The number of para-hydroxylation sites is 1. The molecule has 1 aromatic heterocycles. The normalized spacial score (nSPS) is 10.8. The minimum absolute atomic E-state index is 0.267. The molecule has 1 heterocycles. The van der Waals surface area contributed by atoms with Crippen LogP contribution in [-0.2, 0) is 6.54 Å². The number of nitrogens with zero attached hydrogens (tertiary/aromatic N) is 1. The van der Waals surface area contributed by atoms with E-state index in [1.807, 2.05) is 0 Å². The molecule has 4 heteroatoms. The van der Waals surface area contributed by atoms with E-state index in [-0.39, 0.29) is 16.5 Å². The third-order valence-corrected chi connectivity index (χ3v) is 2.26. The summed E-state index contributed by atoms with van der Waals surface area (Å²) in [7, 11) is 0. The molecule has 2 rings (SSSR count). The molecule has 0 bridgehead atoms. The van der Waals surface area contributed by atoms with Crippen molar-refractivity contribution in [1.82, 2.24) is 4.98 Å². The van der Waals surface area contributed by atoms with Crippen molar-refractivity contribution < 1.29 is 4.39 Å². The second-order valence-electron chi connectivity index (χ2n) is 2.94. The van der Waals surface area contributed by atoms with E-state index < -0.39 is 0 Å². The number of aromatic nitrogens is 1. The summed E-state index contributed by atoms with van der Waals surface area (Å²) in [5, 5.41) is 0.986. The summed E-state index contributed by atoms with van der Waals surface area (Å²) in [4.78, 5) is 3.92. The number of benzene rings is 1. The largest absolute Gasteiger partial charge is 0.326 e. The Morgan fingerprint density at radius 1 is 1.43 bits per heavy atom. The Balaban J connectivity index is 2.87. The van der Waals surface area contributed by atoms with Gasteiger partial charge in [0.15, 0.2) is 0 Å². The van der Waals surface area contributed by atoms with Gasteiger partial charge in [-0.1, -0.05) is 23.7 Å². The van der Waals surface area contributed by atoms with Crippen LogP contribution in [0.1, 0.15) is 5.56 Å². The Hall–Kier alpha value is -1.19. The van der Waals surface area contributed by atoms with Gasteiger partial charge in [0.05, 0.1) is 0 Å². The van der Waals surface area contributed by atoms with Crippen LogP contribution >= 0.6 is 11.6 Å². The monoisotopic (exact) mass is 210 g/mol. The highest BCUT2D eigenvalue weighted by molar-refractivity contribution is 6.29. The Morgan fingerprint density at radius 3 is 2.93 bits per heavy atom. The molecule has 2 N–H and O–H groups in total. The molecule has 0 unspecified atom stereocenters. The maximum Gasteiger partial charge on any atom is 0.149 e. The zero-order valence-electron chi connectivity index (χ0n) is 7.30. The summed E-state index contributed by atoms with van der Waals surface area (Å²) < 4.78 is 13.3. The molecule has 0 fully saturated rings. The van der Waals surface area contributed by atoms with E-state index in [1.165, 1.54) is 6.07 Å². The molecule has 0 amide bonds. The van der Waals surface area contributed by atoms with E-state index in [4.69, 9.17) is 17.3 Å². The number of fused-ring (bicyclic) bond motifs is 1. The summed E-state index contributed by atoms with van der Waals surface area (Å²) in [5.74, 6) is -0.375. The van der Waals surface area contributed by atoms with Gasteiger partial charge in [0, 0.05) is 11.9 Å². The highest BCUT2D eigenvalue weighted by atomic mass is 35.5. The molecule has 0 aliphatic carbocycles. The van der Waals surface area contributed by atoms with Crippen LogP contribution in [0.15, 0.2) is 24.3 Å². The number of nitrogens with two attached hydrogens (primary N) is 1. The Labute approximate surface area is 85.5 Å². The third-order valence-electron chi connectivity index (χ3n) is 2.06. The quantitative estimate of drug-likeness (QED) is 0.735. The van der Waals surface area contributed by atoms with Crippen molar-refractivity contribution >= 4 is 22.5 Å². The maximum absolute atomic E-state index is 13.3. The van der Waals surface area contributed by atoms with Gasteiger partial charge >= 0.3 is 0 Å².